The molecule has 0 fully saturated rings. The van der Waals surface area contributed by atoms with Gasteiger partial charge in [0.2, 0.25) is 0 Å². The molecule has 1 aliphatic heterocycles. The molecular formula is C18H21NO2. The van der Waals surface area contributed by atoms with E-state index >= 15 is 0 Å². The number of hydrogen-bond acceptors (Lipinski definition) is 3. The van der Waals surface area contributed by atoms with E-state index in [1.807, 2.05) is 24.3 Å². The largest absolute Gasteiger partial charge is 0.497 e. The molecule has 0 saturated carbocycles. The molecule has 2 aromatic carbocycles. The highest BCUT2D eigenvalue weighted by Gasteiger charge is 2.40. The van der Waals surface area contributed by atoms with E-state index < -0.39 is 0 Å². The Kier molecular flexibility index (Phi) is 3.38. The van der Waals surface area contributed by atoms with Gasteiger partial charge in [0.15, 0.2) is 5.75 Å². The number of benzene rings is 2. The predicted molar refractivity (Wildman–Crippen MR) is 83.5 cm³/mol. The van der Waals surface area contributed by atoms with Crippen LogP contribution in [0.25, 0.3) is 0 Å². The number of hydroxylamine groups is 2. The predicted octanol–water partition coefficient (Wildman–Crippen LogP) is 4.19. The first-order chi connectivity index (χ1) is 10.0. The standard InChI is InChI=1S/C18H21NO2/c1-18(2,3)19-17(13-8-7-9-14(12-13)20-4)15-10-5-6-11-16(15)21-19/h5-12,17H,1-4H3. The maximum Gasteiger partial charge on any atom is 0.152 e. The number of ether oxygens (including phenoxy) is 1. The zero-order valence-corrected chi connectivity index (χ0v) is 13.0. The van der Waals surface area contributed by atoms with Crippen molar-refractivity contribution in [2.45, 2.75) is 32.4 Å². The lowest BCUT2D eigenvalue weighted by Crippen LogP contribution is -2.43. The third-order valence-corrected chi connectivity index (χ3v) is 3.72. The highest BCUT2D eigenvalue weighted by Crippen LogP contribution is 2.45. The summed E-state index contributed by atoms with van der Waals surface area (Å²) >= 11 is 0. The zero-order chi connectivity index (χ0) is 15.0. The van der Waals surface area contributed by atoms with E-state index in [2.05, 4.69) is 50.1 Å². The van der Waals surface area contributed by atoms with Crippen LogP contribution in [0.15, 0.2) is 48.5 Å². The molecule has 1 aliphatic rings. The number of fused-ring (bicyclic) bond motifs is 1. The molecule has 0 radical (unpaired) electrons. The second-order valence-corrected chi connectivity index (χ2v) is 6.30. The van der Waals surface area contributed by atoms with Crippen LogP contribution in [0.5, 0.6) is 11.5 Å². The fourth-order valence-electron chi connectivity index (χ4n) is 2.73. The third-order valence-electron chi connectivity index (χ3n) is 3.72. The minimum absolute atomic E-state index is 0.0799. The van der Waals surface area contributed by atoms with Crippen molar-refractivity contribution in [1.82, 2.24) is 5.06 Å². The van der Waals surface area contributed by atoms with Crippen LogP contribution in [0.2, 0.25) is 0 Å². The first kappa shape index (κ1) is 14.0. The number of rotatable bonds is 2. The Bertz CT molecular complexity index is 646. The van der Waals surface area contributed by atoms with Gasteiger partial charge in [0, 0.05) is 11.1 Å². The topological polar surface area (TPSA) is 21.7 Å². The Balaban J connectivity index is 2.11. The molecule has 3 nitrogen and oxygen atoms in total. The van der Waals surface area contributed by atoms with Crippen molar-refractivity contribution >= 4 is 0 Å². The average Bonchev–Trinajstić information content (AvgIpc) is 2.87. The molecule has 3 rings (SSSR count). The molecule has 0 spiro atoms. The average molecular weight is 283 g/mol. The van der Waals surface area contributed by atoms with Gasteiger partial charge in [0.1, 0.15) is 11.8 Å². The summed E-state index contributed by atoms with van der Waals surface area (Å²) in [5.74, 6) is 1.80. The molecule has 3 heteroatoms. The van der Waals surface area contributed by atoms with Crippen LogP contribution in [0.4, 0.5) is 0 Å². The minimum Gasteiger partial charge on any atom is -0.497 e. The lowest BCUT2D eigenvalue weighted by atomic mass is 9.95. The van der Waals surface area contributed by atoms with Crippen LogP contribution in [-0.2, 0) is 0 Å². The highest BCUT2D eigenvalue weighted by molar-refractivity contribution is 5.45. The highest BCUT2D eigenvalue weighted by atomic mass is 16.7. The van der Waals surface area contributed by atoms with E-state index in [0.717, 1.165) is 11.5 Å². The lowest BCUT2D eigenvalue weighted by molar-refractivity contribution is -0.128. The molecule has 2 aromatic rings. The van der Waals surface area contributed by atoms with Gasteiger partial charge < -0.3 is 9.57 Å². The summed E-state index contributed by atoms with van der Waals surface area (Å²) in [6.07, 6.45) is 0. The molecule has 0 aliphatic carbocycles. The summed E-state index contributed by atoms with van der Waals surface area (Å²) in [5.41, 5.74) is 2.27. The van der Waals surface area contributed by atoms with Crippen molar-refractivity contribution in [3.8, 4) is 11.5 Å². The molecule has 110 valence electrons. The van der Waals surface area contributed by atoms with Crippen molar-refractivity contribution in [3.63, 3.8) is 0 Å². The van der Waals surface area contributed by atoms with E-state index in [1.54, 1.807) is 7.11 Å². The lowest BCUT2D eigenvalue weighted by Gasteiger charge is -2.34. The van der Waals surface area contributed by atoms with Crippen LogP contribution in [0, 0.1) is 0 Å². The molecule has 0 amide bonds. The SMILES string of the molecule is COc1cccc(C2c3ccccc3ON2C(C)(C)C)c1. The van der Waals surface area contributed by atoms with E-state index in [9.17, 15) is 0 Å². The molecule has 0 aromatic heterocycles. The van der Waals surface area contributed by atoms with Crippen LogP contribution in [-0.4, -0.2) is 17.7 Å². The van der Waals surface area contributed by atoms with Crippen molar-refractivity contribution < 1.29 is 9.57 Å². The number of nitrogens with zero attached hydrogens (tertiary/aromatic N) is 1. The first-order valence-electron chi connectivity index (χ1n) is 7.21. The van der Waals surface area contributed by atoms with Gasteiger partial charge >= 0.3 is 0 Å². The van der Waals surface area contributed by atoms with Gasteiger partial charge in [-0.1, -0.05) is 30.3 Å². The van der Waals surface area contributed by atoms with Gasteiger partial charge in [-0.15, -0.1) is 5.06 Å². The van der Waals surface area contributed by atoms with Crippen molar-refractivity contribution in [3.05, 3.63) is 59.7 Å². The van der Waals surface area contributed by atoms with Gasteiger partial charge in [0.05, 0.1) is 7.11 Å². The molecule has 1 heterocycles. The van der Waals surface area contributed by atoms with Crippen molar-refractivity contribution in [2.75, 3.05) is 7.11 Å². The molecule has 21 heavy (non-hydrogen) atoms. The summed E-state index contributed by atoms with van der Waals surface area (Å²) in [7, 11) is 1.69. The fourth-order valence-corrected chi connectivity index (χ4v) is 2.73. The Labute approximate surface area is 126 Å². The summed E-state index contributed by atoms with van der Waals surface area (Å²) in [4.78, 5) is 6.10. The van der Waals surface area contributed by atoms with Gasteiger partial charge in [-0.05, 0) is 44.5 Å². The second-order valence-electron chi connectivity index (χ2n) is 6.30. The first-order valence-corrected chi connectivity index (χ1v) is 7.21. The van der Waals surface area contributed by atoms with Crippen LogP contribution in [0.3, 0.4) is 0 Å². The Hall–Kier alpha value is -2.00. The molecule has 1 unspecified atom stereocenters. The summed E-state index contributed by atoms with van der Waals surface area (Å²) in [6, 6.07) is 16.5. The molecular weight excluding hydrogens is 262 g/mol. The van der Waals surface area contributed by atoms with E-state index in [4.69, 9.17) is 9.57 Å². The number of methoxy groups -OCH3 is 1. The molecule has 0 N–H and O–H groups in total. The molecule has 0 bridgehead atoms. The molecule has 0 saturated heterocycles. The Morgan fingerprint density at radius 2 is 1.81 bits per heavy atom. The maximum absolute atomic E-state index is 6.10. The zero-order valence-electron chi connectivity index (χ0n) is 13.0. The smallest absolute Gasteiger partial charge is 0.152 e. The Morgan fingerprint density at radius 1 is 1.05 bits per heavy atom. The van der Waals surface area contributed by atoms with E-state index in [0.29, 0.717) is 0 Å². The number of hydrogen-bond donors (Lipinski definition) is 0. The minimum atomic E-state index is -0.104. The van der Waals surface area contributed by atoms with Crippen LogP contribution in [0.1, 0.15) is 37.9 Å². The van der Waals surface area contributed by atoms with Gasteiger partial charge in [0.25, 0.3) is 0 Å². The third kappa shape index (κ3) is 2.49. The van der Waals surface area contributed by atoms with Gasteiger partial charge in [-0.3, -0.25) is 0 Å². The van der Waals surface area contributed by atoms with E-state index in [-0.39, 0.29) is 11.6 Å². The van der Waals surface area contributed by atoms with E-state index in [1.165, 1.54) is 11.1 Å². The molecule has 1 atom stereocenters. The van der Waals surface area contributed by atoms with Crippen molar-refractivity contribution in [2.24, 2.45) is 0 Å². The quantitative estimate of drug-likeness (QED) is 0.824. The second kappa shape index (κ2) is 5.08. The maximum atomic E-state index is 6.10. The summed E-state index contributed by atoms with van der Waals surface area (Å²) in [5, 5.41) is 2.06. The van der Waals surface area contributed by atoms with Gasteiger partial charge in [-0.2, -0.15) is 0 Å². The number of para-hydroxylation sites is 1. The summed E-state index contributed by atoms with van der Waals surface area (Å²) in [6.45, 7) is 6.48. The fraction of sp³-hybridized carbons (Fsp3) is 0.333. The van der Waals surface area contributed by atoms with Crippen LogP contribution >= 0.6 is 0 Å². The Morgan fingerprint density at radius 3 is 2.52 bits per heavy atom. The normalized spacial score (nSPS) is 18.2. The van der Waals surface area contributed by atoms with Crippen LogP contribution < -0.4 is 9.57 Å². The van der Waals surface area contributed by atoms with Gasteiger partial charge in [-0.25, -0.2) is 0 Å². The monoisotopic (exact) mass is 283 g/mol. The summed E-state index contributed by atoms with van der Waals surface area (Å²) < 4.78 is 5.36. The van der Waals surface area contributed by atoms with Crippen molar-refractivity contribution in [1.29, 1.82) is 0 Å².